The Balaban J connectivity index is 2.13. The van der Waals surface area contributed by atoms with Crippen LogP contribution < -0.4 is 5.73 Å². The highest BCUT2D eigenvalue weighted by atomic mass is 35.5. The zero-order valence-corrected chi connectivity index (χ0v) is 12.0. The van der Waals surface area contributed by atoms with Gasteiger partial charge in [-0.15, -0.1) is 0 Å². The van der Waals surface area contributed by atoms with Gasteiger partial charge in [0.05, 0.1) is 11.6 Å². The molecule has 1 aliphatic heterocycles. The molecule has 19 heavy (non-hydrogen) atoms. The van der Waals surface area contributed by atoms with Gasteiger partial charge < -0.3 is 5.73 Å². The Labute approximate surface area is 120 Å². The second-order valence-corrected chi connectivity index (χ2v) is 5.72. The summed E-state index contributed by atoms with van der Waals surface area (Å²) < 4.78 is 0. The van der Waals surface area contributed by atoms with Gasteiger partial charge in [-0.05, 0) is 44.0 Å². The number of hydrogen-bond acceptors (Lipinski definition) is 3. The monoisotopic (exact) mass is 277 g/mol. The molecule has 0 spiro atoms. The van der Waals surface area contributed by atoms with Crippen LogP contribution >= 0.6 is 11.6 Å². The molecule has 0 amide bonds. The van der Waals surface area contributed by atoms with E-state index < -0.39 is 0 Å². The molecule has 2 unspecified atom stereocenters. The molecule has 1 aliphatic rings. The smallest absolute Gasteiger partial charge is 0.0992 e. The van der Waals surface area contributed by atoms with Crippen LogP contribution in [0.2, 0.25) is 5.02 Å². The highest BCUT2D eigenvalue weighted by molar-refractivity contribution is 6.31. The Morgan fingerprint density at radius 1 is 1.53 bits per heavy atom. The van der Waals surface area contributed by atoms with E-state index in [-0.39, 0.29) is 6.04 Å². The van der Waals surface area contributed by atoms with Gasteiger partial charge in [-0.2, -0.15) is 5.26 Å². The number of benzene rings is 1. The molecule has 1 aromatic rings. The van der Waals surface area contributed by atoms with E-state index in [1.165, 1.54) is 12.8 Å². The summed E-state index contributed by atoms with van der Waals surface area (Å²) >= 11 is 6.25. The number of nitrogens with two attached hydrogens (primary N) is 1. The third-order valence-electron chi connectivity index (χ3n) is 3.83. The van der Waals surface area contributed by atoms with Crippen molar-refractivity contribution in [3.8, 4) is 6.07 Å². The van der Waals surface area contributed by atoms with Crippen molar-refractivity contribution in [2.75, 3.05) is 6.54 Å². The third kappa shape index (κ3) is 3.48. The minimum Gasteiger partial charge on any atom is -0.327 e. The van der Waals surface area contributed by atoms with Gasteiger partial charge in [-0.25, -0.2) is 0 Å². The predicted octanol–water partition coefficient (Wildman–Crippen LogP) is 2.91. The minimum absolute atomic E-state index is 0.178. The van der Waals surface area contributed by atoms with Crippen molar-refractivity contribution in [1.82, 2.24) is 4.90 Å². The maximum absolute atomic E-state index is 8.85. The maximum atomic E-state index is 8.85. The second kappa shape index (κ2) is 6.38. The van der Waals surface area contributed by atoms with Crippen LogP contribution in [0.3, 0.4) is 0 Å². The van der Waals surface area contributed by atoms with Crippen LogP contribution in [0.1, 0.15) is 37.3 Å². The van der Waals surface area contributed by atoms with Gasteiger partial charge in [0.2, 0.25) is 0 Å². The van der Waals surface area contributed by atoms with Crippen LogP contribution in [0, 0.1) is 11.3 Å². The maximum Gasteiger partial charge on any atom is 0.0992 e. The first-order chi connectivity index (χ1) is 9.11. The van der Waals surface area contributed by atoms with Gasteiger partial charge in [-0.1, -0.05) is 24.1 Å². The van der Waals surface area contributed by atoms with E-state index in [9.17, 15) is 0 Å². The van der Waals surface area contributed by atoms with Crippen LogP contribution in [0.25, 0.3) is 0 Å². The lowest BCUT2D eigenvalue weighted by molar-refractivity contribution is 0.123. The number of rotatable bonds is 3. The van der Waals surface area contributed by atoms with E-state index in [0.717, 1.165) is 25.1 Å². The van der Waals surface area contributed by atoms with E-state index in [4.69, 9.17) is 22.6 Å². The minimum atomic E-state index is 0.178. The second-order valence-electron chi connectivity index (χ2n) is 5.31. The van der Waals surface area contributed by atoms with Crippen molar-refractivity contribution < 1.29 is 0 Å². The molecule has 0 bridgehead atoms. The lowest BCUT2D eigenvalue weighted by Crippen LogP contribution is -2.48. The van der Waals surface area contributed by atoms with Gasteiger partial charge in [0, 0.05) is 23.7 Å². The molecule has 1 fully saturated rings. The van der Waals surface area contributed by atoms with Crippen LogP contribution in [0.15, 0.2) is 18.2 Å². The lowest BCUT2D eigenvalue weighted by Gasteiger charge is -2.38. The molecule has 3 nitrogen and oxygen atoms in total. The summed E-state index contributed by atoms with van der Waals surface area (Å²) in [4.78, 5) is 2.42. The summed E-state index contributed by atoms with van der Waals surface area (Å²) in [7, 11) is 0. The summed E-state index contributed by atoms with van der Waals surface area (Å²) in [6.45, 7) is 3.96. The Morgan fingerprint density at radius 2 is 2.32 bits per heavy atom. The number of hydrogen-bond donors (Lipinski definition) is 1. The summed E-state index contributed by atoms with van der Waals surface area (Å²) in [5.41, 5.74) is 7.76. The normalized spacial score (nSPS) is 21.9. The molecule has 1 saturated heterocycles. The number of piperidine rings is 1. The summed E-state index contributed by atoms with van der Waals surface area (Å²) in [5, 5.41) is 9.53. The molecule has 2 rings (SSSR count). The summed E-state index contributed by atoms with van der Waals surface area (Å²) in [5.74, 6) is 0. The van der Waals surface area contributed by atoms with Gasteiger partial charge in [0.25, 0.3) is 0 Å². The summed E-state index contributed by atoms with van der Waals surface area (Å²) in [6.07, 6.45) is 3.63. The van der Waals surface area contributed by atoms with E-state index in [1.807, 2.05) is 12.1 Å². The van der Waals surface area contributed by atoms with Crippen molar-refractivity contribution in [3.63, 3.8) is 0 Å². The molecule has 0 radical (unpaired) electrons. The number of halogens is 1. The SMILES string of the molecule is CC(N)C1CCCCN1Cc1ccc(C#N)cc1Cl. The third-order valence-corrected chi connectivity index (χ3v) is 4.18. The van der Waals surface area contributed by atoms with E-state index in [1.54, 1.807) is 6.07 Å². The zero-order chi connectivity index (χ0) is 13.8. The van der Waals surface area contributed by atoms with Crippen molar-refractivity contribution >= 4 is 11.6 Å². The van der Waals surface area contributed by atoms with Gasteiger partial charge in [-0.3, -0.25) is 4.90 Å². The molecular weight excluding hydrogens is 258 g/mol. The molecule has 4 heteroatoms. The number of nitriles is 1. The fourth-order valence-electron chi connectivity index (χ4n) is 2.77. The molecule has 0 aromatic heterocycles. The zero-order valence-electron chi connectivity index (χ0n) is 11.3. The molecule has 2 N–H and O–H groups in total. The number of likely N-dealkylation sites (tertiary alicyclic amines) is 1. The average molecular weight is 278 g/mol. The number of nitrogens with zero attached hydrogens (tertiary/aromatic N) is 2. The molecule has 1 aromatic carbocycles. The van der Waals surface area contributed by atoms with E-state index in [0.29, 0.717) is 16.6 Å². The Hall–Kier alpha value is -1.08. The first kappa shape index (κ1) is 14.3. The largest absolute Gasteiger partial charge is 0.327 e. The van der Waals surface area contributed by atoms with Crippen molar-refractivity contribution in [2.45, 2.75) is 44.8 Å². The Kier molecular flexibility index (Phi) is 4.81. The quantitative estimate of drug-likeness (QED) is 0.924. The first-order valence-electron chi connectivity index (χ1n) is 6.80. The van der Waals surface area contributed by atoms with Gasteiger partial charge >= 0.3 is 0 Å². The lowest BCUT2D eigenvalue weighted by atomic mass is 9.96. The van der Waals surface area contributed by atoms with Crippen LogP contribution in [0.5, 0.6) is 0 Å². The van der Waals surface area contributed by atoms with Crippen molar-refractivity contribution in [1.29, 1.82) is 5.26 Å². The Morgan fingerprint density at radius 3 is 2.95 bits per heavy atom. The van der Waals surface area contributed by atoms with Crippen LogP contribution in [0.4, 0.5) is 0 Å². The highest BCUT2D eigenvalue weighted by Crippen LogP contribution is 2.25. The topological polar surface area (TPSA) is 53.0 Å². The molecule has 0 saturated carbocycles. The molecule has 0 aliphatic carbocycles. The van der Waals surface area contributed by atoms with Gasteiger partial charge in [0.1, 0.15) is 0 Å². The van der Waals surface area contributed by atoms with E-state index >= 15 is 0 Å². The fourth-order valence-corrected chi connectivity index (χ4v) is 3.01. The van der Waals surface area contributed by atoms with Crippen molar-refractivity contribution in [3.05, 3.63) is 34.3 Å². The van der Waals surface area contributed by atoms with Crippen molar-refractivity contribution in [2.24, 2.45) is 5.73 Å². The van der Waals surface area contributed by atoms with Gasteiger partial charge in [0.15, 0.2) is 0 Å². The van der Waals surface area contributed by atoms with Crippen LogP contribution in [-0.4, -0.2) is 23.5 Å². The molecular formula is C15H20ClN3. The Bertz CT molecular complexity index is 479. The highest BCUT2D eigenvalue weighted by Gasteiger charge is 2.25. The van der Waals surface area contributed by atoms with Crippen LogP contribution in [-0.2, 0) is 6.54 Å². The fraction of sp³-hybridized carbons (Fsp3) is 0.533. The molecule has 1 heterocycles. The molecule has 102 valence electrons. The standard InChI is InChI=1S/C15H20ClN3/c1-11(18)15-4-2-3-7-19(15)10-13-6-5-12(9-17)8-14(13)16/h5-6,8,11,15H,2-4,7,10,18H2,1H3. The van der Waals surface area contributed by atoms with E-state index in [2.05, 4.69) is 17.9 Å². The molecule has 2 atom stereocenters. The average Bonchev–Trinajstić information content (AvgIpc) is 2.41. The first-order valence-corrected chi connectivity index (χ1v) is 7.18. The summed E-state index contributed by atoms with van der Waals surface area (Å²) in [6, 6.07) is 8.23. The predicted molar refractivity (Wildman–Crippen MR) is 77.9 cm³/mol.